The van der Waals surface area contributed by atoms with Crippen LogP contribution in [0.5, 0.6) is 5.75 Å². The van der Waals surface area contributed by atoms with Crippen LogP contribution in [0.3, 0.4) is 0 Å². The molecule has 0 bridgehead atoms. The predicted molar refractivity (Wildman–Crippen MR) is 93.0 cm³/mol. The summed E-state index contributed by atoms with van der Waals surface area (Å²) in [6, 6.07) is 6.34. The highest BCUT2D eigenvalue weighted by Crippen LogP contribution is 2.37. The maximum Gasteiger partial charge on any atom is 0.429 e. The summed E-state index contributed by atoms with van der Waals surface area (Å²) >= 11 is 0. The number of aromatic nitrogens is 1. The summed E-state index contributed by atoms with van der Waals surface area (Å²) in [4.78, 5) is 16.7. The molecule has 1 aromatic carbocycles. The van der Waals surface area contributed by atoms with Gasteiger partial charge in [0.15, 0.2) is 0 Å². The lowest BCUT2D eigenvalue weighted by Gasteiger charge is -2.28. The molecular formula is C20H17F3N2O2. The summed E-state index contributed by atoms with van der Waals surface area (Å²) in [7, 11) is 0. The molecule has 0 saturated heterocycles. The van der Waals surface area contributed by atoms with Crippen molar-refractivity contribution in [1.82, 2.24) is 10.3 Å². The van der Waals surface area contributed by atoms with Gasteiger partial charge < -0.3 is 10.1 Å². The molecule has 1 unspecified atom stereocenters. The molecule has 0 fully saturated rings. The molecular weight excluding hydrogens is 357 g/mol. The third kappa shape index (κ3) is 3.41. The van der Waals surface area contributed by atoms with E-state index in [1.807, 2.05) is 6.20 Å². The van der Waals surface area contributed by atoms with Crippen LogP contribution < -0.4 is 10.1 Å². The molecule has 1 amide bonds. The van der Waals surface area contributed by atoms with Gasteiger partial charge in [-0.15, -0.1) is 0 Å². The molecule has 4 nitrogen and oxygen atoms in total. The number of nitrogens with zero attached hydrogens (tertiary/aromatic N) is 1. The number of para-hydroxylation sites is 1. The molecule has 1 aromatic heterocycles. The van der Waals surface area contributed by atoms with Crippen LogP contribution in [0.1, 0.15) is 28.7 Å². The van der Waals surface area contributed by atoms with Crippen LogP contribution in [-0.4, -0.2) is 23.2 Å². The number of aryl methyl sites for hydroxylation is 1. The van der Waals surface area contributed by atoms with E-state index in [9.17, 15) is 18.0 Å². The average Bonchev–Trinajstić information content (AvgIpc) is 3.13. The number of benzene rings is 1. The molecule has 2 heterocycles. The number of carbonyl (C=O) groups is 1. The molecule has 4 rings (SSSR count). The normalized spacial score (nSPS) is 18.2. The van der Waals surface area contributed by atoms with Crippen molar-refractivity contribution < 1.29 is 22.7 Å². The van der Waals surface area contributed by atoms with Crippen LogP contribution in [0, 0.1) is 0 Å². The fraction of sp³-hybridized carbons (Fsp3) is 0.300. The standard InChI is InChI=1S/C20H17F3N2O2/c21-20(22,23)18-16(8-12-4-1-2-7-17(12)27-18)19(26)25-11-14-10-24-9-13-5-3-6-15(13)14/h1-2,4,7-10,18H,3,5-6,11H2,(H,25,26). The highest BCUT2D eigenvalue weighted by Gasteiger charge is 2.48. The summed E-state index contributed by atoms with van der Waals surface area (Å²) in [6.07, 6.45) is 0.602. The number of nitrogens with one attached hydrogen (secondary N) is 1. The molecule has 0 spiro atoms. The first-order valence-electron chi connectivity index (χ1n) is 8.70. The van der Waals surface area contributed by atoms with E-state index in [0.29, 0.717) is 5.56 Å². The van der Waals surface area contributed by atoms with Gasteiger partial charge in [-0.1, -0.05) is 18.2 Å². The van der Waals surface area contributed by atoms with Crippen molar-refractivity contribution in [3.63, 3.8) is 0 Å². The maximum absolute atomic E-state index is 13.4. The van der Waals surface area contributed by atoms with Crippen molar-refractivity contribution in [2.75, 3.05) is 0 Å². The number of fused-ring (bicyclic) bond motifs is 2. The molecule has 2 aliphatic rings. The van der Waals surface area contributed by atoms with Crippen molar-refractivity contribution in [3.8, 4) is 5.75 Å². The van der Waals surface area contributed by atoms with Crippen LogP contribution in [0.2, 0.25) is 0 Å². The Labute approximate surface area is 154 Å². The second-order valence-electron chi connectivity index (χ2n) is 6.65. The Balaban J connectivity index is 1.58. The van der Waals surface area contributed by atoms with Gasteiger partial charge in [0.2, 0.25) is 6.10 Å². The number of halogens is 3. The molecule has 2 aromatic rings. The fourth-order valence-electron chi connectivity index (χ4n) is 3.57. The summed E-state index contributed by atoms with van der Waals surface area (Å²) in [5.74, 6) is -0.677. The van der Waals surface area contributed by atoms with Crippen molar-refractivity contribution in [2.45, 2.75) is 38.1 Å². The third-order valence-corrected chi connectivity index (χ3v) is 4.87. The van der Waals surface area contributed by atoms with Gasteiger partial charge in [0.1, 0.15) is 5.75 Å². The van der Waals surface area contributed by atoms with Crippen molar-refractivity contribution in [1.29, 1.82) is 0 Å². The average molecular weight is 374 g/mol. The SMILES string of the molecule is O=C(NCc1cncc2c1CCC2)C1=Cc2ccccc2OC1C(F)(F)F. The van der Waals surface area contributed by atoms with Crippen LogP contribution in [0.15, 0.2) is 42.2 Å². The number of rotatable bonds is 3. The zero-order chi connectivity index (χ0) is 19.0. The number of alkyl halides is 3. The fourth-order valence-corrected chi connectivity index (χ4v) is 3.57. The lowest BCUT2D eigenvalue weighted by Crippen LogP contribution is -2.43. The minimum atomic E-state index is -4.69. The van der Waals surface area contributed by atoms with Gasteiger partial charge in [-0.05, 0) is 48.1 Å². The quantitative estimate of drug-likeness (QED) is 0.893. The Morgan fingerprint density at radius 1 is 1.22 bits per heavy atom. The number of hydrogen-bond acceptors (Lipinski definition) is 3. The van der Waals surface area contributed by atoms with E-state index in [1.54, 1.807) is 24.4 Å². The number of hydrogen-bond donors (Lipinski definition) is 1. The highest BCUT2D eigenvalue weighted by molar-refractivity contribution is 6.00. The topological polar surface area (TPSA) is 51.2 Å². The van der Waals surface area contributed by atoms with Gasteiger partial charge in [-0.2, -0.15) is 13.2 Å². The summed E-state index contributed by atoms with van der Waals surface area (Å²) < 4.78 is 45.4. The first-order valence-corrected chi connectivity index (χ1v) is 8.70. The van der Waals surface area contributed by atoms with Crippen molar-refractivity contribution >= 4 is 12.0 Å². The molecule has 140 valence electrons. The number of carbonyl (C=O) groups excluding carboxylic acids is 1. The molecule has 1 N–H and O–H groups in total. The van der Waals surface area contributed by atoms with Gasteiger partial charge in [0.25, 0.3) is 5.91 Å². The van der Waals surface area contributed by atoms with E-state index in [1.165, 1.54) is 12.1 Å². The van der Waals surface area contributed by atoms with E-state index in [0.717, 1.165) is 36.0 Å². The Morgan fingerprint density at radius 2 is 2.04 bits per heavy atom. The second kappa shape index (κ2) is 6.72. The summed E-state index contributed by atoms with van der Waals surface area (Å²) in [6.45, 7) is 0.137. The van der Waals surface area contributed by atoms with Gasteiger partial charge in [-0.25, -0.2) is 0 Å². The first-order chi connectivity index (χ1) is 12.9. The van der Waals surface area contributed by atoms with Crippen molar-refractivity contribution in [2.24, 2.45) is 0 Å². The lowest BCUT2D eigenvalue weighted by atomic mass is 10.00. The van der Waals surface area contributed by atoms with Crippen LogP contribution in [-0.2, 0) is 24.2 Å². The van der Waals surface area contributed by atoms with Crippen LogP contribution in [0.4, 0.5) is 13.2 Å². The molecule has 0 radical (unpaired) electrons. The second-order valence-corrected chi connectivity index (χ2v) is 6.65. The number of pyridine rings is 1. The first kappa shape index (κ1) is 17.6. The largest absolute Gasteiger partial charge is 0.475 e. The van der Waals surface area contributed by atoms with Gasteiger partial charge >= 0.3 is 6.18 Å². The van der Waals surface area contributed by atoms with E-state index >= 15 is 0 Å². The third-order valence-electron chi connectivity index (χ3n) is 4.87. The van der Waals surface area contributed by atoms with E-state index in [4.69, 9.17) is 4.74 Å². The molecule has 1 atom stereocenters. The lowest BCUT2D eigenvalue weighted by molar-refractivity contribution is -0.185. The Morgan fingerprint density at radius 3 is 2.85 bits per heavy atom. The van der Waals surface area contributed by atoms with Gasteiger partial charge in [-0.3, -0.25) is 9.78 Å². The van der Waals surface area contributed by atoms with E-state index in [2.05, 4.69) is 10.3 Å². The Bertz CT molecular complexity index is 922. The predicted octanol–water partition coefficient (Wildman–Crippen LogP) is 3.59. The highest BCUT2D eigenvalue weighted by atomic mass is 19.4. The minimum Gasteiger partial charge on any atom is -0.475 e. The monoisotopic (exact) mass is 374 g/mol. The Hall–Kier alpha value is -2.83. The smallest absolute Gasteiger partial charge is 0.429 e. The van der Waals surface area contributed by atoms with Gasteiger partial charge in [0.05, 0.1) is 5.57 Å². The Kier molecular flexibility index (Phi) is 4.37. The van der Waals surface area contributed by atoms with Gasteiger partial charge in [0, 0.05) is 24.5 Å². The van der Waals surface area contributed by atoms with E-state index < -0.39 is 23.8 Å². The molecule has 7 heteroatoms. The zero-order valence-electron chi connectivity index (χ0n) is 14.3. The number of ether oxygens (including phenoxy) is 1. The summed E-state index contributed by atoms with van der Waals surface area (Å²) in [5, 5.41) is 2.60. The molecule has 0 saturated carbocycles. The molecule has 1 aliphatic heterocycles. The molecule has 27 heavy (non-hydrogen) atoms. The van der Waals surface area contributed by atoms with Crippen LogP contribution in [0.25, 0.3) is 6.08 Å². The van der Waals surface area contributed by atoms with Crippen molar-refractivity contribution in [3.05, 3.63) is 64.5 Å². The molecule has 1 aliphatic carbocycles. The zero-order valence-corrected chi connectivity index (χ0v) is 14.3. The number of amides is 1. The maximum atomic E-state index is 13.4. The van der Waals surface area contributed by atoms with E-state index in [-0.39, 0.29) is 12.3 Å². The summed E-state index contributed by atoms with van der Waals surface area (Å²) in [5.41, 5.74) is 3.13. The van der Waals surface area contributed by atoms with Crippen LogP contribution >= 0.6 is 0 Å². The minimum absolute atomic E-state index is 0.112.